The van der Waals surface area contributed by atoms with E-state index in [-0.39, 0.29) is 5.78 Å². The highest BCUT2D eigenvalue weighted by molar-refractivity contribution is 7.93. The van der Waals surface area contributed by atoms with Crippen LogP contribution in [0.2, 0.25) is 0 Å². The molecule has 0 radical (unpaired) electrons. The summed E-state index contributed by atoms with van der Waals surface area (Å²) in [4.78, 5) is 15.6. The first-order chi connectivity index (χ1) is 12.8. The number of aromatic nitrogens is 1. The number of H-pyrrole nitrogens is 1. The zero-order chi connectivity index (χ0) is 19.6. The van der Waals surface area contributed by atoms with Gasteiger partial charge in [-0.1, -0.05) is 18.2 Å². The Morgan fingerprint density at radius 3 is 2.37 bits per heavy atom. The number of carbonyl (C=O) groups is 1. The highest BCUT2D eigenvalue weighted by atomic mass is 32.2. The molecule has 0 spiro atoms. The van der Waals surface area contributed by atoms with Crippen molar-refractivity contribution in [3.63, 3.8) is 0 Å². The molecule has 1 unspecified atom stereocenters. The normalized spacial score (nSPS) is 12.5. The van der Waals surface area contributed by atoms with Crippen LogP contribution in [-0.2, 0) is 10.0 Å². The number of aromatic amines is 1. The predicted octanol–water partition coefficient (Wildman–Crippen LogP) is 3.36. The molecular weight excluding hydrogens is 362 g/mol. The van der Waals surface area contributed by atoms with E-state index < -0.39 is 15.3 Å². The lowest BCUT2D eigenvalue weighted by Crippen LogP contribution is -2.30. The Labute approximate surface area is 158 Å². The van der Waals surface area contributed by atoms with Crippen molar-refractivity contribution in [3.05, 3.63) is 83.6 Å². The number of benzene rings is 2. The SMILES string of the molecule is CC(c1cccc(C(=O)c2ccc(N)cc2)c1)S(=O)(=O)N(C)c1ccc[nH]1. The fourth-order valence-electron chi connectivity index (χ4n) is 2.80. The number of nitrogens with two attached hydrogens (primary N) is 1. The number of hydrogen-bond donors (Lipinski definition) is 2. The van der Waals surface area contributed by atoms with E-state index in [4.69, 9.17) is 5.73 Å². The van der Waals surface area contributed by atoms with Gasteiger partial charge in [0, 0.05) is 30.1 Å². The van der Waals surface area contributed by atoms with Crippen LogP contribution in [0.4, 0.5) is 11.5 Å². The number of ketones is 1. The largest absolute Gasteiger partial charge is 0.399 e. The van der Waals surface area contributed by atoms with Gasteiger partial charge in [0.15, 0.2) is 5.78 Å². The maximum absolute atomic E-state index is 12.9. The summed E-state index contributed by atoms with van der Waals surface area (Å²) < 4.78 is 27.1. The lowest BCUT2D eigenvalue weighted by atomic mass is 10.0. The van der Waals surface area contributed by atoms with E-state index in [1.54, 1.807) is 73.8 Å². The van der Waals surface area contributed by atoms with Crippen molar-refractivity contribution >= 4 is 27.3 Å². The summed E-state index contributed by atoms with van der Waals surface area (Å²) in [6.45, 7) is 1.61. The Morgan fingerprint density at radius 1 is 1.04 bits per heavy atom. The minimum atomic E-state index is -3.65. The first-order valence-electron chi connectivity index (χ1n) is 8.42. The molecule has 0 saturated heterocycles. The molecule has 0 aliphatic carbocycles. The molecule has 3 N–H and O–H groups in total. The van der Waals surface area contributed by atoms with Crippen molar-refractivity contribution in [3.8, 4) is 0 Å². The van der Waals surface area contributed by atoms with Crippen LogP contribution in [0.15, 0.2) is 66.9 Å². The fourth-order valence-corrected chi connectivity index (χ4v) is 4.15. The van der Waals surface area contributed by atoms with Crippen LogP contribution < -0.4 is 10.0 Å². The summed E-state index contributed by atoms with van der Waals surface area (Å²) in [6, 6.07) is 16.8. The standard InChI is InChI=1S/C20H21N3O3S/c1-14(27(25,26)23(2)19-7-4-12-22-19)16-5-3-6-17(13-16)20(24)15-8-10-18(21)11-9-15/h3-14,22H,21H2,1-2H3. The Kier molecular flexibility index (Phi) is 5.05. The molecule has 7 heteroatoms. The van der Waals surface area contributed by atoms with Gasteiger partial charge in [0.1, 0.15) is 11.1 Å². The monoisotopic (exact) mass is 383 g/mol. The lowest BCUT2D eigenvalue weighted by Gasteiger charge is -2.23. The average Bonchev–Trinajstić information content (AvgIpc) is 3.21. The molecule has 0 saturated carbocycles. The minimum absolute atomic E-state index is 0.181. The summed E-state index contributed by atoms with van der Waals surface area (Å²) in [5.41, 5.74) is 7.72. The maximum Gasteiger partial charge on any atom is 0.242 e. The number of rotatable bonds is 6. The number of sulfonamides is 1. The average molecular weight is 383 g/mol. The van der Waals surface area contributed by atoms with Gasteiger partial charge < -0.3 is 10.7 Å². The highest BCUT2D eigenvalue weighted by Gasteiger charge is 2.28. The Hall–Kier alpha value is -3.06. The second-order valence-corrected chi connectivity index (χ2v) is 8.57. The molecule has 6 nitrogen and oxygen atoms in total. The van der Waals surface area contributed by atoms with Crippen molar-refractivity contribution < 1.29 is 13.2 Å². The maximum atomic E-state index is 12.9. The number of carbonyl (C=O) groups excluding carboxylic acids is 1. The van der Waals surface area contributed by atoms with Gasteiger partial charge in [-0.25, -0.2) is 8.42 Å². The van der Waals surface area contributed by atoms with Gasteiger partial charge >= 0.3 is 0 Å². The molecule has 3 rings (SSSR count). The van der Waals surface area contributed by atoms with Crippen molar-refractivity contribution in [2.75, 3.05) is 17.1 Å². The number of anilines is 2. The molecule has 0 aliphatic heterocycles. The van der Waals surface area contributed by atoms with Gasteiger partial charge in [-0.15, -0.1) is 0 Å². The molecule has 0 bridgehead atoms. The third kappa shape index (κ3) is 3.73. The molecule has 140 valence electrons. The highest BCUT2D eigenvalue weighted by Crippen LogP contribution is 2.28. The topological polar surface area (TPSA) is 96.3 Å². The van der Waals surface area contributed by atoms with Gasteiger partial charge in [0.05, 0.1) is 0 Å². The molecule has 3 aromatic rings. The zero-order valence-corrected chi connectivity index (χ0v) is 15.9. The summed E-state index contributed by atoms with van der Waals surface area (Å²) >= 11 is 0. The number of nitrogens with one attached hydrogen (secondary N) is 1. The van der Waals surface area contributed by atoms with Gasteiger partial charge in [-0.05, 0) is 55.0 Å². The number of hydrogen-bond acceptors (Lipinski definition) is 4. The van der Waals surface area contributed by atoms with Crippen molar-refractivity contribution in [2.45, 2.75) is 12.2 Å². The Morgan fingerprint density at radius 2 is 1.74 bits per heavy atom. The van der Waals surface area contributed by atoms with E-state index in [1.807, 2.05) is 0 Å². The molecule has 1 atom stereocenters. The Balaban J connectivity index is 1.90. The molecule has 27 heavy (non-hydrogen) atoms. The van der Waals surface area contributed by atoms with Crippen LogP contribution in [0, 0.1) is 0 Å². The summed E-state index contributed by atoms with van der Waals surface area (Å²) in [5, 5.41) is -0.815. The van der Waals surface area contributed by atoms with E-state index in [9.17, 15) is 13.2 Å². The van der Waals surface area contributed by atoms with Crippen LogP contribution in [0.5, 0.6) is 0 Å². The quantitative estimate of drug-likeness (QED) is 0.504. The van der Waals surface area contributed by atoms with Crippen LogP contribution in [0.1, 0.15) is 33.7 Å². The van der Waals surface area contributed by atoms with Crippen LogP contribution in [0.25, 0.3) is 0 Å². The van der Waals surface area contributed by atoms with Crippen molar-refractivity contribution in [2.24, 2.45) is 0 Å². The van der Waals surface area contributed by atoms with Crippen LogP contribution in [0.3, 0.4) is 0 Å². The first kappa shape index (κ1) is 18.7. The summed E-state index contributed by atoms with van der Waals surface area (Å²) in [7, 11) is -2.15. The van der Waals surface area contributed by atoms with Gasteiger partial charge in [0.2, 0.25) is 10.0 Å². The van der Waals surface area contributed by atoms with Crippen LogP contribution in [-0.4, -0.2) is 26.2 Å². The smallest absolute Gasteiger partial charge is 0.242 e. The molecule has 2 aromatic carbocycles. The van der Waals surface area contributed by atoms with E-state index in [1.165, 1.54) is 11.4 Å². The van der Waals surface area contributed by atoms with E-state index in [2.05, 4.69) is 4.98 Å². The minimum Gasteiger partial charge on any atom is -0.399 e. The molecule has 0 fully saturated rings. The molecule has 1 heterocycles. The van der Waals surface area contributed by atoms with E-state index in [0.717, 1.165) is 0 Å². The van der Waals surface area contributed by atoms with Crippen molar-refractivity contribution in [1.82, 2.24) is 4.98 Å². The summed E-state index contributed by atoms with van der Waals surface area (Å²) in [5.74, 6) is 0.301. The number of nitrogen functional groups attached to an aromatic ring is 1. The lowest BCUT2D eigenvalue weighted by molar-refractivity contribution is 0.103. The second kappa shape index (κ2) is 7.28. The Bertz CT molecular complexity index is 1040. The zero-order valence-electron chi connectivity index (χ0n) is 15.1. The third-order valence-corrected chi connectivity index (χ3v) is 6.67. The molecule has 0 aliphatic rings. The van der Waals surface area contributed by atoms with Gasteiger partial charge in [0.25, 0.3) is 0 Å². The predicted molar refractivity (Wildman–Crippen MR) is 107 cm³/mol. The first-order valence-corrected chi connectivity index (χ1v) is 9.92. The molecule has 0 amide bonds. The summed E-state index contributed by atoms with van der Waals surface area (Å²) in [6.07, 6.45) is 1.66. The van der Waals surface area contributed by atoms with Crippen LogP contribution >= 0.6 is 0 Å². The number of nitrogens with zero attached hydrogens (tertiary/aromatic N) is 1. The fraction of sp³-hybridized carbons (Fsp3) is 0.150. The van der Waals surface area contributed by atoms with Gasteiger partial charge in [-0.2, -0.15) is 0 Å². The second-order valence-electron chi connectivity index (χ2n) is 6.29. The van der Waals surface area contributed by atoms with Gasteiger partial charge in [-0.3, -0.25) is 9.10 Å². The van der Waals surface area contributed by atoms with E-state index in [0.29, 0.717) is 28.2 Å². The van der Waals surface area contributed by atoms with Crippen molar-refractivity contribution in [1.29, 1.82) is 0 Å². The molecule has 1 aromatic heterocycles. The van der Waals surface area contributed by atoms with E-state index >= 15 is 0 Å². The third-order valence-electron chi connectivity index (χ3n) is 4.54. The molecular formula is C20H21N3O3S.